The minimum Gasteiger partial charge on any atom is -0.342 e. The van der Waals surface area contributed by atoms with E-state index in [0.29, 0.717) is 41.4 Å². The Labute approximate surface area is 181 Å². The van der Waals surface area contributed by atoms with Crippen LogP contribution in [0.25, 0.3) is 17.1 Å². The number of nitrogens with one attached hydrogen (secondary N) is 1. The zero-order chi connectivity index (χ0) is 22.2. The van der Waals surface area contributed by atoms with Gasteiger partial charge in [-0.2, -0.15) is 10.1 Å². The third kappa shape index (κ3) is 3.91. The highest BCUT2D eigenvalue weighted by atomic mass is 19.1. The van der Waals surface area contributed by atoms with Crippen molar-refractivity contribution in [2.24, 2.45) is 0 Å². The fourth-order valence-electron chi connectivity index (χ4n) is 4.08. The lowest BCUT2D eigenvalue weighted by molar-refractivity contribution is -0.131. The number of aromatic nitrogens is 5. The van der Waals surface area contributed by atoms with Crippen LogP contribution in [0, 0.1) is 12.7 Å². The van der Waals surface area contributed by atoms with E-state index in [1.54, 1.807) is 36.2 Å². The Morgan fingerprint density at radius 3 is 3.06 bits per heavy atom. The molecule has 0 saturated carbocycles. The maximum absolute atomic E-state index is 13.4. The minimum atomic E-state index is -0.352. The summed E-state index contributed by atoms with van der Waals surface area (Å²) < 4.78 is 20.3. The van der Waals surface area contributed by atoms with Gasteiger partial charge in [-0.1, -0.05) is 17.3 Å². The lowest BCUT2D eigenvalue weighted by Crippen LogP contribution is -2.40. The van der Waals surface area contributed by atoms with Crippen LogP contribution >= 0.6 is 0 Å². The number of hydrogen-bond donors (Lipinski definition) is 1. The zero-order valence-corrected chi connectivity index (χ0v) is 17.4. The highest BCUT2D eigenvalue weighted by molar-refractivity contribution is 5.79. The van der Waals surface area contributed by atoms with Gasteiger partial charge in [0.2, 0.25) is 5.91 Å². The van der Waals surface area contributed by atoms with Gasteiger partial charge in [-0.3, -0.25) is 9.59 Å². The molecule has 0 aliphatic carbocycles. The number of benzene rings is 1. The summed E-state index contributed by atoms with van der Waals surface area (Å²) >= 11 is 0. The lowest BCUT2D eigenvalue weighted by Gasteiger charge is -2.31. The summed E-state index contributed by atoms with van der Waals surface area (Å²) in [7, 11) is 0. The molecule has 5 rings (SSSR count). The van der Waals surface area contributed by atoms with Crippen molar-refractivity contribution in [1.29, 1.82) is 0 Å². The smallest absolute Gasteiger partial charge is 0.278 e. The molecule has 1 saturated heterocycles. The van der Waals surface area contributed by atoms with Gasteiger partial charge in [0.05, 0.1) is 6.42 Å². The van der Waals surface area contributed by atoms with Crippen molar-refractivity contribution in [3.8, 4) is 11.6 Å². The second kappa shape index (κ2) is 8.03. The molecule has 9 nitrogen and oxygen atoms in total. The summed E-state index contributed by atoms with van der Waals surface area (Å²) in [6.07, 6.45) is 3.50. The Morgan fingerprint density at radius 2 is 2.22 bits per heavy atom. The van der Waals surface area contributed by atoms with Gasteiger partial charge in [-0.05, 0) is 37.5 Å². The number of piperidine rings is 1. The van der Waals surface area contributed by atoms with Gasteiger partial charge < -0.3 is 14.4 Å². The maximum Gasteiger partial charge on any atom is 0.278 e. The maximum atomic E-state index is 13.4. The first-order chi connectivity index (χ1) is 15.5. The van der Waals surface area contributed by atoms with Gasteiger partial charge in [0.1, 0.15) is 11.3 Å². The highest BCUT2D eigenvalue weighted by Gasteiger charge is 2.28. The van der Waals surface area contributed by atoms with E-state index in [4.69, 9.17) is 4.52 Å². The van der Waals surface area contributed by atoms with Gasteiger partial charge >= 0.3 is 0 Å². The fourth-order valence-corrected chi connectivity index (χ4v) is 4.08. The first-order valence-corrected chi connectivity index (χ1v) is 10.4. The molecule has 1 atom stereocenters. The Morgan fingerprint density at radius 1 is 1.34 bits per heavy atom. The van der Waals surface area contributed by atoms with Crippen LogP contribution in [0.3, 0.4) is 0 Å². The Bertz CT molecular complexity index is 1360. The molecule has 1 amide bonds. The van der Waals surface area contributed by atoms with Crippen molar-refractivity contribution in [1.82, 2.24) is 29.6 Å². The van der Waals surface area contributed by atoms with Crippen LogP contribution in [0.5, 0.6) is 0 Å². The van der Waals surface area contributed by atoms with Crippen molar-refractivity contribution in [3.05, 3.63) is 69.8 Å². The second-order valence-corrected chi connectivity index (χ2v) is 8.07. The average Bonchev–Trinajstić information content (AvgIpc) is 3.41. The van der Waals surface area contributed by atoms with Crippen molar-refractivity contribution in [2.75, 3.05) is 13.1 Å². The van der Waals surface area contributed by atoms with E-state index in [1.807, 2.05) is 0 Å². The number of carbonyl (C=O) groups excluding carboxylic acids is 1. The predicted octanol–water partition coefficient (Wildman–Crippen LogP) is 2.47. The van der Waals surface area contributed by atoms with E-state index in [-0.39, 0.29) is 35.5 Å². The summed E-state index contributed by atoms with van der Waals surface area (Å²) in [6, 6.07) is 7.69. The van der Waals surface area contributed by atoms with E-state index in [2.05, 4.69) is 20.2 Å². The quantitative estimate of drug-likeness (QED) is 0.526. The van der Waals surface area contributed by atoms with Crippen molar-refractivity contribution in [3.63, 3.8) is 0 Å². The predicted molar refractivity (Wildman–Crippen MR) is 113 cm³/mol. The molecule has 3 aromatic heterocycles. The van der Waals surface area contributed by atoms with Crippen molar-refractivity contribution < 1.29 is 13.7 Å². The molecule has 0 radical (unpaired) electrons. The Kier molecular flexibility index (Phi) is 5.04. The number of carbonyl (C=O) groups is 1. The van der Waals surface area contributed by atoms with Crippen LogP contribution < -0.4 is 5.56 Å². The van der Waals surface area contributed by atoms with Gasteiger partial charge in [-0.25, -0.2) is 8.91 Å². The zero-order valence-electron chi connectivity index (χ0n) is 17.4. The van der Waals surface area contributed by atoms with Crippen molar-refractivity contribution >= 4 is 11.4 Å². The van der Waals surface area contributed by atoms with Gasteiger partial charge in [0.25, 0.3) is 11.4 Å². The Balaban J connectivity index is 1.32. The van der Waals surface area contributed by atoms with Gasteiger partial charge in [0, 0.05) is 37.0 Å². The van der Waals surface area contributed by atoms with Crippen LogP contribution in [-0.4, -0.2) is 48.6 Å². The third-order valence-corrected chi connectivity index (χ3v) is 5.64. The number of H-pyrrole nitrogens is 1. The molecule has 10 heteroatoms. The number of amides is 1. The number of aryl methyl sites for hydroxylation is 1. The SMILES string of the molecule is Cc1cn2nc(-c3nc([C@@H]4CCCN(C(=O)Cc5cccc(F)c5)C4)no3)cc2c(=O)[nH]1. The topological polar surface area (TPSA) is 109 Å². The molecule has 164 valence electrons. The van der Waals surface area contributed by atoms with E-state index in [1.165, 1.54) is 16.6 Å². The molecule has 1 N–H and O–H groups in total. The molecule has 1 aromatic carbocycles. The molecule has 1 aliphatic heterocycles. The fraction of sp³-hybridized carbons (Fsp3) is 0.318. The van der Waals surface area contributed by atoms with Crippen LogP contribution in [0.4, 0.5) is 4.39 Å². The molecule has 1 aliphatic rings. The number of nitrogens with zero attached hydrogens (tertiary/aromatic N) is 5. The second-order valence-electron chi connectivity index (χ2n) is 8.07. The van der Waals surface area contributed by atoms with Crippen LogP contribution in [-0.2, 0) is 11.2 Å². The molecule has 0 unspecified atom stereocenters. The summed E-state index contributed by atoms with van der Waals surface area (Å²) in [6.45, 7) is 2.89. The van der Waals surface area contributed by atoms with Crippen LogP contribution in [0.2, 0.25) is 0 Å². The van der Waals surface area contributed by atoms with E-state index in [9.17, 15) is 14.0 Å². The number of halogens is 1. The van der Waals surface area contributed by atoms with Crippen molar-refractivity contribution in [2.45, 2.75) is 32.1 Å². The Hall–Kier alpha value is -3.82. The third-order valence-electron chi connectivity index (χ3n) is 5.64. The molecule has 0 spiro atoms. The summed E-state index contributed by atoms with van der Waals surface area (Å²) in [4.78, 5) is 33.8. The molecule has 4 aromatic rings. The first kappa shape index (κ1) is 20.1. The summed E-state index contributed by atoms with van der Waals surface area (Å²) in [5.74, 6) is 0.254. The molecule has 32 heavy (non-hydrogen) atoms. The molecule has 4 heterocycles. The summed E-state index contributed by atoms with van der Waals surface area (Å²) in [5, 5.41) is 8.47. The number of aromatic amines is 1. The first-order valence-electron chi connectivity index (χ1n) is 10.4. The van der Waals surface area contributed by atoms with E-state index in [0.717, 1.165) is 12.8 Å². The molecule has 1 fully saturated rings. The molecular weight excluding hydrogens is 415 g/mol. The van der Waals surface area contributed by atoms with Gasteiger partial charge in [0.15, 0.2) is 11.5 Å². The molecule has 0 bridgehead atoms. The number of likely N-dealkylation sites (tertiary alicyclic amines) is 1. The monoisotopic (exact) mass is 436 g/mol. The van der Waals surface area contributed by atoms with E-state index < -0.39 is 0 Å². The largest absolute Gasteiger partial charge is 0.342 e. The number of hydrogen-bond acceptors (Lipinski definition) is 6. The summed E-state index contributed by atoms with van der Waals surface area (Å²) in [5.41, 5.74) is 1.89. The number of rotatable bonds is 4. The van der Waals surface area contributed by atoms with Crippen LogP contribution in [0.15, 0.2) is 45.8 Å². The normalized spacial score (nSPS) is 16.6. The van der Waals surface area contributed by atoms with E-state index >= 15 is 0 Å². The molecular formula is C22H21FN6O3. The number of fused-ring (bicyclic) bond motifs is 1. The standard InChI is InChI=1S/C22H21FN6O3/c1-13-11-29-18(21(31)24-13)10-17(26-29)22-25-20(27-32-22)15-5-3-7-28(12-15)19(30)9-14-4-2-6-16(23)8-14/h2,4,6,8,10-11,15H,3,5,7,9,12H2,1H3,(H,24,31)/t15-/m1/s1. The van der Waals surface area contributed by atoms with Crippen LogP contribution in [0.1, 0.15) is 35.8 Å². The average molecular weight is 436 g/mol. The lowest BCUT2D eigenvalue weighted by atomic mass is 9.96. The minimum absolute atomic E-state index is 0.0565. The highest BCUT2D eigenvalue weighted by Crippen LogP contribution is 2.27. The van der Waals surface area contributed by atoms with Gasteiger partial charge in [-0.15, -0.1) is 0 Å².